The van der Waals surface area contributed by atoms with Crippen LogP contribution >= 0.6 is 27.7 Å². The first-order chi connectivity index (χ1) is 16.0. The van der Waals surface area contributed by atoms with E-state index in [1.54, 1.807) is 0 Å². The van der Waals surface area contributed by atoms with Crippen LogP contribution in [0.5, 0.6) is 5.75 Å². The van der Waals surface area contributed by atoms with Crippen molar-refractivity contribution in [2.45, 2.75) is 18.7 Å². The molecule has 4 aromatic rings. The lowest BCUT2D eigenvalue weighted by molar-refractivity contribution is -0.113. The maximum absolute atomic E-state index is 13.1. The number of nitrogens with zero attached hydrogens (tertiary/aromatic N) is 3. The van der Waals surface area contributed by atoms with Crippen LogP contribution in [0.25, 0.3) is 5.69 Å². The summed E-state index contributed by atoms with van der Waals surface area (Å²) in [5, 5.41) is 12.0. The van der Waals surface area contributed by atoms with Gasteiger partial charge in [-0.15, -0.1) is 10.2 Å². The largest absolute Gasteiger partial charge is 0.486 e. The lowest BCUT2D eigenvalue weighted by Gasteiger charge is -2.13. The van der Waals surface area contributed by atoms with E-state index in [-0.39, 0.29) is 24.1 Å². The summed E-state index contributed by atoms with van der Waals surface area (Å²) in [5.41, 5.74) is 2.49. The van der Waals surface area contributed by atoms with E-state index in [4.69, 9.17) is 4.74 Å². The molecule has 0 saturated heterocycles. The van der Waals surface area contributed by atoms with Crippen LogP contribution in [-0.2, 0) is 11.4 Å². The molecule has 6 nitrogen and oxygen atoms in total. The second-order valence-corrected chi connectivity index (χ2v) is 8.97. The van der Waals surface area contributed by atoms with Gasteiger partial charge >= 0.3 is 0 Å². The van der Waals surface area contributed by atoms with E-state index in [2.05, 4.69) is 31.4 Å². The van der Waals surface area contributed by atoms with Gasteiger partial charge in [0.2, 0.25) is 5.91 Å². The smallest absolute Gasteiger partial charge is 0.234 e. The molecule has 0 saturated carbocycles. The van der Waals surface area contributed by atoms with E-state index >= 15 is 0 Å². The van der Waals surface area contributed by atoms with Crippen LogP contribution in [0.2, 0.25) is 0 Å². The Morgan fingerprint density at radius 1 is 1.06 bits per heavy atom. The lowest BCUT2D eigenvalue weighted by atomic mass is 10.2. The van der Waals surface area contributed by atoms with Crippen molar-refractivity contribution >= 4 is 39.3 Å². The predicted molar refractivity (Wildman–Crippen MR) is 130 cm³/mol. The minimum Gasteiger partial charge on any atom is -0.486 e. The first-order valence-electron chi connectivity index (χ1n) is 10.1. The van der Waals surface area contributed by atoms with Crippen LogP contribution in [0.3, 0.4) is 0 Å². The molecule has 9 heteroatoms. The lowest BCUT2D eigenvalue weighted by Crippen LogP contribution is -2.15. The van der Waals surface area contributed by atoms with Gasteiger partial charge < -0.3 is 10.1 Å². The highest BCUT2D eigenvalue weighted by molar-refractivity contribution is 9.10. The number of hydrogen-bond donors (Lipinski definition) is 1. The number of halogens is 2. The average Bonchev–Trinajstić information content (AvgIpc) is 3.22. The van der Waals surface area contributed by atoms with Crippen LogP contribution in [-0.4, -0.2) is 26.4 Å². The Morgan fingerprint density at radius 2 is 1.79 bits per heavy atom. The Morgan fingerprint density at radius 3 is 2.52 bits per heavy atom. The molecule has 0 unspecified atom stereocenters. The van der Waals surface area contributed by atoms with Gasteiger partial charge in [0.05, 0.1) is 11.4 Å². The van der Waals surface area contributed by atoms with Crippen LogP contribution in [0, 0.1) is 12.7 Å². The first-order valence-corrected chi connectivity index (χ1v) is 11.8. The van der Waals surface area contributed by atoms with Gasteiger partial charge in [-0.25, -0.2) is 4.39 Å². The minimum absolute atomic E-state index is 0.120. The summed E-state index contributed by atoms with van der Waals surface area (Å²) in [5.74, 6) is 0.874. The van der Waals surface area contributed by atoms with E-state index in [0.29, 0.717) is 22.4 Å². The van der Waals surface area contributed by atoms with Crippen molar-refractivity contribution in [3.8, 4) is 11.4 Å². The highest BCUT2D eigenvalue weighted by atomic mass is 79.9. The molecule has 4 rings (SSSR count). The van der Waals surface area contributed by atoms with Crippen molar-refractivity contribution in [3.63, 3.8) is 0 Å². The summed E-state index contributed by atoms with van der Waals surface area (Å²) < 4.78 is 21.9. The zero-order valence-electron chi connectivity index (χ0n) is 17.7. The molecule has 3 aromatic carbocycles. The standard InChI is InChI=1S/C24H20BrFN4O2S/c1-16-4-2-3-5-21(16)30-22(14-32-20-12-6-17(25)7-13-20)28-29-24(30)33-15-23(31)27-19-10-8-18(26)9-11-19/h2-13H,14-15H2,1H3,(H,27,31). The molecule has 0 fully saturated rings. The van der Waals surface area contributed by atoms with E-state index < -0.39 is 0 Å². The van der Waals surface area contributed by atoms with Crippen molar-refractivity contribution in [2.24, 2.45) is 0 Å². The van der Waals surface area contributed by atoms with Gasteiger partial charge in [-0.05, 0) is 67.1 Å². The molecule has 1 N–H and O–H groups in total. The molecule has 0 aliphatic carbocycles. The highest BCUT2D eigenvalue weighted by Gasteiger charge is 2.18. The number of rotatable bonds is 8. The van der Waals surface area contributed by atoms with Gasteiger partial charge in [0.1, 0.15) is 18.2 Å². The SMILES string of the molecule is Cc1ccccc1-n1c(COc2ccc(Br)cc2)nnc1SCC(=O)Nc1ccc(F)cc1. The molecule has 0 aliphatic rings. The van der Waals surface area contributed by atoms with Crippen LogP contribution < -0.4 is 10.1 Å². The van der Waals surface area contributed by atoms with Crippen molar-refractivity contribution < 1.29 is 13.9 Å². The van der Waals surface area contributed by atoms with Gasteiger partial charge in [-0.1, -0.05) is 45.9 Å². The number of benzene rings is 3. The zero-order chi connectivity index (χ0) is 23.2. The fourth-order valence-corrected chi connectivity index (χ4v) is 4.11. The number of anilines is 1. The molecular weight excluding hydrogens is 507 g/mol. The normalized spacial score (nSPS) is 10.8. The molecule has 0 radical (unpaired) electrons. The monoisotopic (exact) mass is 526 g/mol. The first kappa shape index (κ1) is 23.0. The van der Waals surface area contributed by atoms with Gasteiger partial charge in [0.25, 0.3) is 0 Å². The third-order valence-electron chi connectivity index (χ3n) is 4.70. The van der Waals surface area contributed by atoms with Crippen molar-refractivity contribution in [1.29, 1.82) is 0 Å². The molecule has 33 heavy (non-hydrogen) atoms. The predicted octanol–water partition coefficient (Wildman–Crippen LogP) is 5.79. The molecule has 168 valence electrons. The zero-order valence-corrected chi connectivity index (χ0v) is 20.1. The Hall–Kier alpha value is -3.17. The summed E-state index contributed by atoms with van der Waals surface area (Å²) in [7, 11) is 0. The van der Waals surface area contributed by atoms with Gasteiger partial charge in [0, 0.05) is 10.2 Å². The molecule has 0 bridgehead atoms. The van der Waals surface area contributed by atoms with Crippen LogP contribution in [0.4, 0.5) is 10.1 Å². The molecule has 1 amide bonds. The van der Waals surface area contributed by atoms with Crippen molar-refractivity contribution in [1.82, 2.24) is 14.8 Å². The quantitative estimate of drug-likeness (QED) is 0.294. The fourth-order valence-electron chi connectivity index (χ4n) is 3.08. The molecule has 0 spiro atoms. The van der Waals surface area contributed by atoms with Gasteiger partial charge in [-0.2, -0.15) is 0 Å². The van der Waals surface area contributed by atoms with Crippen molar-refractivity contribution in [3.05, 3.63) is 94.5 Å². The van der Waals surface area contributed by atoms with E-state index in [1.807, 2.05) is 60.0 Å². The summed E-state index contributed by atoms with van der Waals surface area (Å²) in [6, 6.07) is 21.1. The Labute approximate surface area is 203 Å². The molecule has 1 heterocycles. The Kier molecular flexibility index (Phi) is 7.41. The number of nitrogens with one attached hydrogen (secondary N) is 1. The third-order valence-corrected chi connectivity index (χ3v) is 6.16. The van der Waals surface area contributed by atoms with E-state index in [0.717, 1.165) is 15.7 Å². The molecule has 0 atom stereocenters. The number of ether oxygens (including phenoxy) is 1. The molecular formula is C24H20BrFN4O2S. The molecule has 1 aromatic heterocycles. The summed E-state index contributed by atoms with van der Waals surface area (Å²) in [4.78, 5) is 12.4. The number of aromatic nitrogens is 3. The number of hydrogen-bond acceptors (Lipinski definition) is 5. The van der Waals surface area contributed by atoms with Crippen LogP contribution in [0.1, 0.15) is 11.4 Å². The number of thioether (sulfide) groups is 1. The summed E-state index contributed by atoms with van der Waals surface area (Å²) in [6.45, 7) is 2.22. The van der Waals surface area contributed by atoms with E-state index in [1.165, 1.54) is 36.0 Å². The average molecular weight is 527 g/mol. The highest BCUT2D eigenvalue weighted by Crippen LogP contribution is 2.26. The second-order valence-electron chi connectivity index (χ2n) is 7.11. The Bertz CT molecular complexity index is 1250. The second kappa shape index (κ2) is 10.6. The number of aryl methyl sites for hydroxylation is 1. The number of carbonyl (C=O) groups excluding carboxylic acids is 1. The number of carbonyl (C=O) groups is 1. The van der Waals surface area contributed by atoms with E-state index in [9.17, 15) is 9.18 Å². The maximum atomic E-state index is 13.1. The number of amides is 1. The summed E-state index contributed by atoms with van der Waals surface area (Å²) in [6.07, 6.45) is 0. The van der Waals surface area contributed by atoms with Crippen LogP contribution in [0.15, 0.2) is 82.4 Å². The van der Waals surface area contributed by atoms with Gasteiger partial charge in [0.15, 0.2) is 11.0 Å². The van der Waals surface area contributed by atoms with Crippen molar-refractivity contribution in [2.75, 3.05) is 11.1 Å². The third kappa shape index (κ3) is 6.00. The topological polar surface area (TPSA) is 69.0 Å². The number of para-hydroxylation sites is 1. The maximum Gasteiger partial charge on any atom is 0.234 e. The fraction of sp³-hybridized carbons (Fsp3) is 0.125. The van der Waals surface area contributed by atoms with Gasteiger partial charge in [-0.3, -0.25) is 9.36 Å². The summed E-state index contributed by atoms with van der Waals surface area (Å²) >= 11 is 4.68. The molecule has 0 aliphatic heterocycles. The Balaban J connectivity index is 1.51. The minimum atomic E-state index is -0.355.